The molecule has 0 fully saturated rings. The standard InChI is InChI=1S/C14H19F2N/c1-4-5-17-12-8-14(2,3)13-10(12)6-9(15)7-11(13)16/h6-7,12,17H,4-5,8H2,1-3H3. The quantitative estimate of drug-likeness (QED) is 0.848. The summed E-state index contributed by atoms with van der Waals surface area (Å²) in [6, 6.07) is 2.54. The van der Waals surface area contributed by atoms with Crippen LogP contribution in [0.5, 0.6) is 0 Å². The van der Waals surface area contributed by atoms with Crippen LogP contribution in [0.3, 0.4) is 0 Å². The van der Waals surface area contributed by atoms with E-state index in [1.54, 1.807) is 0 Å². The highest BCUT2D eigenvalue weighted by molar-refractivity contribution is 5.42. The minimum Gasteiger partial charge on any atom is -0.310 e. The van der Waals surface area contributed by atoms with Crippen LogP contribution >= 0.6 is 0 Å². The van der Waals surface area contributed by atoms with Crippen LogP contribution in [-0.4, -0.2) is 6.54 Å². The predicted molar refractivity (Wildman–Crippen MR) is 65.0 cm³/mol. The lowest BCUT2D eigenvalue weighted by Gasteiger charge is -2.19. The SMILES string of the molecule is CCCNC1CC(C)(C)c2c(F)cc(F)cc21. The number of nitrogens with one attached hydrogen (secondary N) is 1. The summed E-state index contributed by atoms with van der Waals surface area (Å²) in [4.78, 5) is 0. The molecule has 17 heavy (non-hydrogen) atoms. The molecule has 94 valence electrons. The summed E-state index contributed by atoms with van der Waals surface area (Å²) in [7, 11) is 0. The Morgan fingerprint density at radius 1 is 1.35 bits per heavy atom. The van der Waals surface area contributed by atoms with Crippen LogP contribution in [0.4, 0.5) is 8.78 Å². The second kappa shape index (κ2) is 4.37. The lowest BCUT2D eigenvalue weighted by molar-refractivity contribution is 0.419. The Balaban J connectivity index is 2.42. The molecule has 1 aliphatic rings. The molecule has 3 heteroatoms. The fraction of sp³-hybridized carbons (Fsp3) is 0.571. The first kappa shape index (κ1) is 12.5. The Morgan fingerprint density at radius 3 is 2.71 bits per heavy atom. The Morgan fingerprint density at radius 2 is 2.06 bits per heavy atom. The maximum Gasteiger partial charge on any atom is 0.130 e. The van der Waals surface area contributed by atoms with Crippen molar-refractivity contribution in [2.24, 2.45) is 0 Å². The Kier molecular flexibility index (Phi) is 3.21. The van der Waals surface area contributed by atoms with E-state index in [1.807, 2.05) is 13.8 Å². The first-order valence-corrected chi connectivity index (χ1v) is 6.18. The molecule has 0 heterocycles. The molecule has 0 radical (unpaired) electrons. The number of halogens is 2. The first-order valence-electron chi connectivity index (χ1n) is 6.18. The molecule has 0 saturated carbocycles. The summed E-state index contributed by atoms with van der Waals surface area (Å²) < 4.78 is 27.2. The second-order valence-corrected chi connectivity index (χ2v) is 5.45. The van der Waals surface area contributed by atoms with Gasteiger partial charge in [-0.05, 0) is 42.0 Å². The maximum absolute atomic E-state index is 13.9. The Bertz CT molecular complexity index is 426. The lowest BCUT2D eigenvalue weighted by atomic mass is 9.86. The normalized spacial score (nSPS) is 21.6. The predicted octanol–water partition coefficient (Wildman–Crippen LogP) is 3.69. The number of rotatable bonds is 3. The highest BCUT2D eigenvalue weighted by Gasteiger charge is 2.39. The summed E-state index contributed by atoms with van der Waals surface area (Å²) in [5.74, 6) is -0.895. The third-order valence-electron chi connectivity index (χ3n) is 3.49. The van der Waals surface area contributed by atoms with Crippen LogP contribution in [0.15, 0.2) is 12.1 Å². The minimum absolute atomic E-state index is 0.0742. The molecule has 1 atom stereocenters. The van der Waals surface area contributed by atoms with E-state index >= 15 is 0 Å². The van der Waals surface area contributed by atoms with Crippen molar-refractivity contribution in [3.8, 4) is 0 Å². The zero-order valence-electron chi connectivity index (χ0n) is 10.6. The molecule has 0 spiro atoms. The van der Waals surface area contributed by atoms with Crippen LogP contribution in [0.2, 0.25) is 0 Å². The molecule has 2 rings (SSSR count). The number of benzene rings is 1. The van der Waals surface area contributed by atoms with Crippen molar-refractivity contribution in [1.29, 1.82) is 0 Å². The first-order chi connectivity index (χ1) is 7.95. The maximum atomic E-state index is 13.9. The molecule has 1 aliphatic carbocycles. The highest BCUT2D eigenvalue weighted by atomic mass is 19.1. The summed E-state index contributed by atoms with van der Waals surface area (Å²) in [6.07, 6.45) is 1.84. The average Bonchev–Trinajstić information content (AvgIpc) is 2.46. The van der Waals surface area contributed by atoms with Crippen LogP contribution in [-0.2, 0) is 5.41 Å². The van der Waals surface area contributed by atoms with E-state index in [0.29, 0.717) is 5.56 Å². The van der Waals surface area contributed by atoms with Gasteiger partial charge in [-0.25, -0.2) is 8.78 Å². The van der Waals surface area contributed by atoms with Gasteiger partial charge in [0.25, 0.3) is 0 Å². The van der Waals surface area contributed by atoms with Gasteiger partial charge in [-0.1, -0.05) is 20.8 Å². The van der Waals surface area contributed by atoms with Gasteiger partial charge < -0.3 is 5.32 Å². The highest BCUT2D eigenvalue weighted by Crippen LogP contribution is 2.45. The van der Waals surface area contributed by atoms with Gasteiger partial charge in [0.05, 0.1) is 0 Å². The fourth-order valence-corrected chi connectivity index (χ4v) is 2.81. The summed E-state index contributed by atoms with van der Waals surface area (Å²) in [5.41, 5.74) is 1.24. The molecule has 1 aromatic rings. The van der Waals surface area contributed by atoms with Crippen molar-refractivity contribution >= 4 is 0 Å². The lowest BCUT2D eigenvalue weighted by Crippen LogP contribution is -2.22. The van der Waals surface area contributed by atoms with Gasteiger partial charge in [0.15, 0.2) is 0 Å². The van der Waals surface area contributed by atoms with Crippen molar-refractivity contribution < 1.29 is 8.78 Å². The largest absolute Gasteiger partial charge is 0.310 e. The minimum atomic E-state index is -0.484. The van der Waals surface area contributed by atoms with Gasteiger partial charge in [0.2, 0.25) is 0 Å². The third kappa shape index (κ3) is 2.21. The van der Waals surface area contributed by atoms with Crippen LogP contribution in [0.1, 0.15) is 50.8 Å². The van der Waals surface area contributed by atoms with Crippen molar-refractivity contribution in [3.05, 3.63) is 34.9 Å². The van der Waals surface area contributed by atoms with Gasteiger partial charge in [0.1, 0.15) is 11.6 Å². The molecule has 0 bridgehead atoms. The molecule has 1 unspecified atom stereocenters. The van der Waals surface area contributed by atoms with E-state index < -0.39 is 11.6 Å². The van der Waals surface area contributed by atoms with Crippen molar-refractivity contribution in [1.82, 2.24) is 5.32 Å². The third-order valence-corrected chi connectivity index (χ3v) is 3.49. The second-order valence-electron chi connectivity index (χ2n) is 5.45. The molecular weight excluding hydrogens is 220 g/mol. The smallest absolute Gasteiger partial charge is 0.130 e. The molecule has 0 aromatic heterocycles. The van der Waals surface area contributed by atoms with E-state index in [1.165, 1.54) is 6.07 Å². The van der Waals surface area contributed by atoms with Gasteiger partial charge in [-0.2, -0.15) is 0 Å². The number of hydrogen-bond acceptors (Lipinski definition) is 1. The molecule has 0 saturated heterocycles. The molecule has 1 nitrogen and oxygen atoms in total. The zero-order chi connectivity index (χ0) is 12.6. The van der Waals surface area contributed by atoms with Gasteiger partial charge in [0, 0.05) is 12.1 Å². The van der Waals surface area contributed by atoms with Crippen LogP contribution in [0.25, 0.3) is 0 Å². The topological polar surface area (TPSA) is 12.0 Å². The van der Waals surface area contributed by atoms with E-state index in [9.17, 15) is 8.78 Å². The average molecular weight is 239 g/mol. The fourth-order valence-electron chi connectivity index (χ4n) is 2.81. The molecule has 0 aliphatic heterocycles. The Hall–Kier alpha value is -0.960. The van der Waals surface area contributed by atoms with Crippen molar-refractivity contribution in [2.75, 3.05) is 6.54 Å². The van der Waals surface area contributed by atoms with Crippen LogP contribution in [0, 0.1) is 11.6 Å². The molecule has 1 aromatic carbocycles. The van der Waals surface area contributed by atoms with Gasteiger partial charge >= 0.3 is 0 Å². The molecule has 0 amide bonds. The van der Waals surface area contributed by atoms with E-state index in [0.717, 1.165) is 31.0 Å². The molecular formula is C14H19F2N. The van der Waals surface area contributed by atoms with Crippen molar-refractivity contribution in [3.63, 3.8) is 0 Å². The zero-order valence-corrected chi connectivity index (χ0v) is 10.6. The summed E-state index contributed by atoms with van der Waals surface area (Å²) in [6.45, 7) is 6.99. The number of hydrogen-bond donors (Lipinski definition) is 1. The van der Waals surface area contributed by atoms with Gasteiger partial charge in [-0.15, -0.1) is 0 Å². The van der Waals surface area contributed by atoms with E-state index in [2.05, 4.69) is 12.2 Å². The van der Waals surface area contributed by atoms with Crippen molar-refractivity contribution in [2.45, 2.75) is 45.1 Å². The Labute approximate surface area is 101 Å². The molecule has 1 N–H and O–H groups in total. The summed E-state index contributed by atoms with van der Waals surface area (Å²) in [5, 5.41) is 3.36. The number of fused-ring (bicyclic) bond motifs is 1. The van der Waals surface area contributed by atoms with E-state index in [-0.39, 0.29) is 11.5 Å². The monoisotopic (exact) mass is 239 g/mol. The van der Waals surface area contributed by atoms with Gasteiger partial charge in [-0.3, -0.25) is 0 Å². The summed E-state index contributed by atoms with van der Waals surface area (Å²) >= 11 is 0. The van der Waals surface area contributed by atoms with Crippen LogP contribution < -0.4 is 5.32 Å². The van der Waals surface area contributed by atoms with E-state index in [4.69, 9.17) is 0 Å².